The highest BCUT2D eigenvalue weighted by Gasteiger charge is 2.25. The zero-order valence-corrected chi connectivity index (χ0v) is 14.4. The molecular formula is C17H30N4O2. The fourth-order valence-corrected chi connectivity index (χ4v) is 3.25. The Morgan fingerprint density at radius 2 is 2.09 bits per heavy atom. The van der Waals surface area contributed by atoms with Gasteiger partial charge in [0.25, 0.3) is 5.91 Å². The van der Waals surface area contributed by atoms with Crippen LogP contribution < -0.4 is 5.32 Å². The van der Waals surface area contributed by atoms with Gasteiger partial charge < -0.3 is 10.4 Å². The second-order valence-electron chi connectivity index (χ2n) is 7.04. The quantitative estimate of drug-likeness (QED) is 0.770. The molecule has 1 aliphatic carbocycles. The molecule has 2 N–H and O–H groups in total. The summed E-state index contributed by atoms with van der Waals surface area (Å²) in [6, 6.07) is 0.0358. The molecule has 6 nitrogen and oxygen atoms in total. The van der Waals surface area contributed by atoms with Crippen molar-refractivity contribution >= 4 is 5.91 Å². The molecule has 6 heteroatoms. The highest BCUT2D eigenvalue weighted by Crippen LogP contribution is 2.27. The number of nitrogens with one attached hydrogen (secondary N) is 1. The monoisotopic (exact) mass is 322 g/mol. The van der Waals surface area contributed by atoms with Crippen LogP contribution in [0.1, 0.15) is 69.3 Å². The molecule has 1 aliphatic rings. The van der Waals surface area contributed by atoms with E-state index in [0.717, 1.165) is 25.8 Å². The first-order valence-electron chi connectivity index (χ1n) is 8.92. The summed E-state index contributed by atoms with van der Waals surface area (Å²) in [5.74, 6) is 0.886. The molecule has 1 aromatic heterocycles. The van der Waals surface area contributed by atoms with E-state index < -0.39 is 0 Å². The summed E-state index contributed by atoms with van der Waals surface area (Å²) in [4.78, 5) is 12.4. The normalized spacial score (nSPS) is 17.4. The van der Waals surface area contributed by atoms with Crippen LogP contribution in [0.2, 0.25) is 0 Å². The highest BCUT2D eigenvalue weighted by molar-refractivity contribution is 5.92. The van der Waals surface area contributed by atoms with Gasteiger partial charge in [-0.15, -0.1) is 5.10 Å². The van der Waals surface area contributed by atoms with Crippen molar-refractivity contribution in [3.63, 3.8) is 0 Å². The summed E-state index contributed by atoms with van der Waals surface area (Å²) in [5.41, 5.74) is 0.368. The lowest BCUT2D eigenvalue weighted by atomic mass is 9.82. The molecule has 1 amide bonds. The molecule has 1 unspecified atom stereocenters. The molecule has 0 aromatic carbocycles. The first kappa shape index (κ1) is 17.9. The van der Waals surface area contributed by atoms with Gasteiger partial charge in [-0.1, -0.05) is 38.3 Å². The van der Waals surface area contributed by atoms with Crippen molar-refractivity contribution in [3.05, 3.63) is 11.9 Å². The van der Waals surface area contributed by atoms with Gasteiger partial charge in [-0.05, 0) is 37.5 Å². The molecular weight excluding hydrogens is 292 g/mol. The van der Waals surface area contributed by atoms with Crippen LogP contribution in [0.5, 0.6) is 0 Å². The van der Waals surface area contributed by atoms with Crippen LogP contribution in [0.15, 0.2) is 6.20 Å². The Kier molecular flexibility index (Phi) is 7.02. The van der Waals surface area contributed by atoms with Crippen molar-refractivity contribution in [1.29, 1.82) is 0 Å². The highest BCUT2D eigenvalue weighted by atomic mass is 16.3. The summed E-state index contributed by atoms with van der Waals surface area (Å²) in [6.07, 6.45) is 9.31. The third-order valence-electron chi connectivity index (χ3n) is 4.68. The molecule has 2 rings (SSSR count). The minimum atomic E-state index is -0.176. The molecule has 130 valence electrons. The first-order chi connectivity index (χ1) is 11.1. The largest absolute Gasteiger partial charge is 0.396 e. The van der Waals surface area contributed by atoms with Gasteiger partial charge in [0.05, 0.1) is 6.20 Å². The Hall–Kier alpha value is -1.43. The number of amides is 1. The summed E-state index contributed by atoms with van der Waals surface area (Å²) < 4.78 is 1.73. The Labute approximate surface area is 138 Å². The van der Waals surface area contributed by atoms with E-state index in [1.165, 1.54) is 19.3 Å². The summed E-state index contributed by atoms with van der Waals surface area (Å²) in [6.45, 7) is 5.20. The lowest BCUT2D eigenvalue weighted by molar-refractivity contribution is 0.0894. The maximum atomic E-state index is 12.4. The van der Waals surface area contributed by atoms with E-state index in [1.54, 1.807) is 10.9 Å². The third-order valence-corrected chi connectivity index (χ3v) is 4.68. The summed E-state index contributed by atoms with van der Waals surface area (Å²) in [5, 5.41) is 20.4. The fourth-order valence-electron chi connectivity index (χ4n) is 3.25. The van der Waals surface area contributed by atoms with Crippen LogP contribution in [0.25, 0.3) is 0 Å². The average molecular weight is 322 g/mol. The van der Waals surface area contributed by atoms with Gasteiger partial charge in [0.2, 0.25) is 0 Å². The third kappa shape index (κ3) is 5.61. The van der Waals surface area contributed by atoms with E-state index in [1.807, 2.05) is 0 Å². The molecule has 1 heterocycles. The van der Waals surface area contributed by atoms with Crippen molar-refractivity contribution in [2.24, 2.45) is 11.8 Å². The number of aliphatic hydroxyl groups is 1. The number of hydrogen-bond donors (Lipinski definition) is 2. The predicted octanol–water partition coefficient (Wildman–Crippen LogP) is 2.39. The average Bonchev–Trinajstić information content (AvgIpc) is 3.02. The molecule has 0 radical (unpaired) electrons. The zero-order chi connectivity index (χ0) is 16.7. The summed E-state index contributed by atoms with van der Waals surface area (Å²) in [7, 11) is 0. The second-order valence-corrected chi connectivity index (χ2v) is 7.04. The molecule has 1 aromatic rings. The van der Waals surface area contributed by atoms with Gasteiger partial charge in [-0.25, -0.2) is 0 Å². The van der Waals surface area contributed by atoms with E-state index >= 15 is 0 Å². The lowest BCUT2D eigenvalue weighted by Gasteiger charge is -2.30. The van der Waals surface area contributed by atoms with Crippen LogP contribution >= 0.6 is 0 Å². The Balaban J connectivity index is 1.92. The second kappa shape index (κ2) is 9.01. The number of rotatable bonds is 8. The molecule has 0 bridgehead atoms. The number of carbonyl (C=O) groups excluding carboxylic acids is 1. The van der Waals surface area contributed by atoms with Crippen molar-refractivity contribution in [2.75, 3.05) is 6.61 Å². The van der Waals surface area contributed by atoms with E-state index in [0.29, 0.717) is 24.0 Å². The SMILES string of the molecule is CC(C)CCn1cc(C(=O)NC(CCO)C2CCCCC2)nn1. The van der Waals surface area contributed by atoms with Crippen molar-refractivity contribution in [2.45, 2.75) is 71.4 Å². The topological polar surface area (TPSA) is 80.0 Å². The number of aromatic nitrogens is 3. The smallest absolute Gasteiger partial charge is 0.273 e. The number of aliphatic hydroxyl groups excluding tert-OH is 1. The lowest BCUT2D eigenvalue weighted by Crippen LogP contribution is -2.41. The number of carbonyl (C=O) groups is 1. The molecule has 0 aliphatic heterocycles. The van der Waals surface area contributed by atoms with E-state index in [9.17, 15) is 9.90 Å². The van der Waals surface area contributed by atoms with E-state index in [-0.39, 0.29) is 18.6 Å². The Morgan fingerprint density at radius 3 is 2.74 bits per heavy atom. The van der Waals surface area contributed by atoms with Gasteiger partial charge in [0.1, 0.15) is 0 Å². The van der Waals surface area contributed by atoms with Crippen LogP contribution in [-0.2, 0) is 6.54 Å². The van der Waals surface area contributed by atoms with Gasteiger partial charge in [0.15, 0.2) is 5.69 Å². The van der Waals surface area contributed by atoms with Gasteiger partial charge in [-0.3, -0.25) is 9.48 Å². The molecule has 1 fully saturated rings. The first-order valence-corrected chi connectivity index (χ1v) is 8.92. The maximum Gasteiger partial charge on any atom is 0.273 e. The summed E-state index contributed by atoms with van der Waals surface area (Å²) >= 11 is 0. The van der Waals surface area contributed by atoms with Crippen LogP contribution in [0.3, 0.4) is 0 Å². The maximum absolute atomic E-state index is 12.4. The Bertz CT molecular complexity index is 481. The molecule has 1 saturated carbocycles. The van der Waals surface area contributed by atoms with Gasteiger partial charge >= 0.3 is 0 Å². The van der Waals surface area contributed by atoms with Gasteiger partial charge in [-0.2, -0.15) is 0 Å². The van der Waals surface area contributed by atoms with Crippen molar-refractivity contribution in [1.82, 2.24) is 20.3 Å². The molecule has 0 saturated heterocycles. The van der Waals surface area contributed by atoms with E-state index in [2.05, 4.69) is 29.5 Å². The fraction of sp³-hybridized carbons (Fsp3) is 0.824. The number of aryl methyl sites for hydroxylation is 1. The molecule has 0 spiro atoms. The Morgan fingerprint density at radius 1 is 1.35 bits per heavy atom. The predicted molar refractivity (Wildman–Crippen MR) is 89.0 cm³/mol. The minimum absolute atomic E-state index is 0.0358. The van der Waals surface area contributed by atoms with Crippen LogP contribution in [0, 0.1) is 11.8 Å². The van der Waals surface area contributed by atoms with Crippen LogP contribution in [-0.4, -0.2) is 38.7 Å². The number of hydrogen-bond acceptors (Lipinski definition) is 4. The van der Waals surface area contributed by atoms with Crippen molar-refractivity contribution < 1.29 is 9.90 Å². The number of nitrogens with zero attached hydrogens (tertiary/aromatic N) is 3. The molecule has 23 heavy (non-hydrogen) atoms. The van der Waals surface area contributed by atoms with Crippen LogP contribution in [0.4, 0.5) is 0 Å². The minimum Gasteiger partial charge on any atom is -0.396 e. The zero-order valence-electron chi connectivity index (χ0n) is 14.4. The standard InChI is InChI=1S/C17H30N4O2/c1-13(2)8-10-21-12-16(19-20-21)17(23)18-15(9-11-22)14-6-4-3-5-7-14/h12-15,22H,3-11H2,1-2H3,(H,18,23). The molecule has 1 atom stereocenters. The van der Waals surface area contributed by atoms with Gasteiger partial charge in [0, 0.05) is 19.2 Å². The van der Waals surface area contributed by atoms with E-state index in [4.69, 9.17) is 0 Å². The van der Waals surface area contributed by atoms with Crippen molar-refractivity contribution in [3.8, 4) is 0 Å².